The van der Waals surface area contributed by atoms with E-state index in [2.05, 4.69) is 0 Å². The highest BCUT2D eigenvalue weighted by Crippen LogP contribution is 2.18. The van der Waals surface area contributed by atoms with Gasteiger partial charge in [-0.25, -0.2) is 0 Å². The number of hydrogen-bond acceptors (Lipinski definition) is 4. The molecule has 5 heteroatoms. The Balaban J connectivity index is 0.000000583. The Hall–Kier alpha value is -2.13. The normalized spacial score (nSPS) is 8.13. The van der Waals surface area contributed by atoms with Gasteiger partial charge in [-0.05, 0) is 24.6 Å². The van der Waals surface area contributed by atoms with Crippen molar-refractivity contribution in [1.82, 2.24) is 0 Å². The van der Waals surface area contributed by atoms with Crippen LogP contribution in [0.5, 0.6) is 5.75 Å². The third-order valence-electron chi connectivity index (χ3n) is 1.69. The molecule has 0 aliphatic carbocycles. The molecular weight excluding hydrogens is 198 g/mol. The molecule has 0 bridgehead atoms. The quantitative estimate of drug-likeness (QED) is 0.769. The molecule has 1 rings (SSSR count). The molecule has 1 aromatic carbocycles. The van der Waals surface area contributed by atoms with Gasteiger partial charge in [0, 0.05) is 5.56 Å². The van der Waals surface area contributed by atoms with Gasteiger partial charge in [0.05, 0.1) is 7.11 Å². The third-order valence-corrected chi connectivity index (χ3v) is 1.69. The second kappa shape index (κ2) is 6.34. The highest BCUT2D eigenvalue weighted by atomic mass is 16.5. The van der Waals surface area contributed by atoms with Crippen molar-refractivity contribution in [3.8, 4) is 5.75 Å². The fourth-order valence-electron chi connectivity index (χ4n) is 0.973. The molecule has 0 saturated heterocycles. The molecule has 0 aromatic heterocycles. The Kier molecular flexibility index (Phi) is 5.44. The van der Waals surface area contributed by atoms with Crippen molar-refractivity contribution in [2.75, 3.05) is 7.11 Å². The van der Waals surface area contributed by atoms with E-state index in [0.29, 0.717) is 11.3 Å². The van der Waals surface area contributed by atoms with Gasteiger partial charge >= 0.3 is 6.15 Å². The van der Waals surface area contributed by atoms with Crippen molar-refractivity contribution in [3.63, 3.8) is 0 Å². The Bertz CT molecular complexity index is 381. The van der Waals surface area contributed by atoms with E-state index in [4.69, 9.17) is 20.1 Å². The zero-order valence-corrected chi connectivity index (χ0v) is 8.44. The number of ether oxygens (including phenoxy) is 1. The van der Waals surface area contributed by atoms with Gasteiger partial charge in [0.15, 0.2) is 0 Å². The summed E-state index contributed by atoms with van der Waals surface area (Å²) in [6.45, 7) is 1.91. The Morgan fingerprint density at radius 2 is 1.93 bits per heavy atom. The molecule has 1 amide bonds. The summed E-state index contributed by atoms with van der Waals surface area (Å²) in [5.74, 6) is 0.250. The lowest BCUT2D eigenvalue weighted by atomic mass is 10.1. The summed E-state index contributed by atoms with van der Waals surface area (Å²) in [6.07, 6.45) is 0.250. The lowest BCUT2D eigenvalue weighted by molar-refractivity contribution is -0.191. The van der Waals surface area contributed by atoms with Gasteiger partial charge in [-0.15, -0.1) is 0 Å². The summed E-state index contributed by atoms with van der Waals surface area (Å²) >= 11 is 0. The van der Waals surface area contributed by atoms with E-state index < -0.39 is 5.91 Å². The molecule has 15 heavy (non-hydrogen) atoms. The maximum Gasteiger partial charge on any atom is 0.373 e. The number of nitrogens with two attached hydrogens (primary N) is 1. The molecule has 80 valence electrons. The van der Waals surface area contributed by atoms with Gasteiger partial charge in [0.2, 0.25) is 5.91 Å². The van der Waals surface area contributed by atoms with Crippen LogP contribution in [0.1, 0.15) is 15.9 Å². The lowest BCUT2D eigenvalue weighted by Crippen LogP contribution is -2.10. The van der Waals surface area contributed by atoms with E-state index in [-0.39, 0.29) is 6.15 Å². The molecule has 1 aromatic rings. The zero-order chi connectivity index (χ0) is 11.8. The summed E-state index contributed by atoms with van der Waals surface area (Å²) in [5.41, 5.74) is 6.55. The number of aryl methyl sites for hydroxylation is 1. The standard InChI is InChI=1S/C9H11NO2.CO2/c1-6-3-4-7(9(10)11)5-8(6)12-2;2-1-3/h3-5H,1-2H3,(H2,10,11);. The first kappa shape index (κ1) is 12.9. The molecule has 0 saturated carbocycles. The Morgan fingerprint density at radius 3 is 2.33 bits per heavy atom. The van der Waals surface area contributed by atoms with Crippen LogP contribution in [0.15, 0.2) is 18.2 Å². The molecule has 5 nitrogen and oxygen atoms in total. The highest BCUT2D eigenvalue weighted by molar-refractivity contribution is 5.93. The van der Waals surface area contributed by atoms with E-state index in [1.807, 2.05) is 6.92 Å². The topological polar surface area (TPSA) is 86.5 Å². The van der Waals surface area contributed by atoms with Crippen LogP contribution in [-0.4, -0.2) is 19.2 Å². The van der Waals surface area contributed by atoms with Crippen molar-refractivity contribution in [2.45, 2.75) is 6.92 Å². The molecule has 0 atom stereocenters. The van der Waals surface area contributed by atoms with Crippen molar-refractivity contribution in [2.24, 2.45) is 5.73 Å². The third kappa shape index (κ3) is 4.06. The summed E-state index contributed by atoms with van der Waals surface area (Å²) < 4.78 is 5.03. The minimum Gasteiger partial charge on any atom is -0.496 e. The van der Waals surface area contributed by atoms with Crippen LogP contribution in [0.3, 0.4) is 0 Å². The summed E-state index contributed by atoms with van der Waals surface area (Å²) in [7, 11) is 1.56. The molecule has 0 aliphatic heterocycles. The largest absolute Gasteiger partial charge is 0.496 e. The molecule has 0 unspecified atom stereocenters. The van der Waals surface area contributed by atoms with Gasteiger partial charge in [0.1, 0.15) is 5.75 Å². The SMILES string of the molecule is COc1cc(C(N)=O)ccc1C.O=C=O. The number of carbonyl (C=O) groups excluding carboxylic acids is 3. The van der Waals surface area contributed by atoms with E-state index in [1.54, 1.807) is 25.3 Å². The molecule has 0 spiro atoms. The molecular formula is C10H11NO4. The van der Waals surface area contributed by atoms with Gasteiger partial charge in [-0.2, -0.15) is 9.59 Å². The van der Waals surface area contributed by atoms with E-state index in [0.717, 1.165) is 5.56 Å². The van der Waals surface area contributed by atoms with Crippen LogP contribution in [0.25, 0.3) is 0 Å². The number of hydrogen-bond donors (Lipinski definition) is 1. The summed E-state index contributed by atoms with van der Waals surface area (Å²) in [5, 5.41) is 0. The Labute approximate surface area is 86.8 Å². The first-order valence-corrected chi connectivity index (χ1v) is 4.00. The highest BCUT2D eigenvalue weighted by Gasteiger charge is 2.03. The van der Waals surface area contributed by atoms with Crippen molar-refractivity contribution in [1.29, 1.82) is 0 Å². The predicted octanol–water partition coefficient (Wildman–Crippen LogP) is 0.519. The maximum absolute atomic E-state index is 10.7. The summed E-state index contributed by atoms with van der Waals surface area (Å²) in [6, 6.07) is 5.12. The average molecular weight is 209 g/mol. The minimum atomic E-state index is -0.437. The van der Waals surface area contributed by atoms with E-state index in [1.165, 1.54) is 0 Å². The van der Waals surface area contributed by atoms with Gasteiger partial charge in [0.25, 0.3) is 0 Å². The molecule has 0 aliphatic rings. The lowest BCUT2D eigenvalue weighted by Gasteiger charge is -2.04. The minimum absolute atomic E-state index is 0.250. The molecule has 0 radical (unpaired) electrons. The number of amides is 1. The molecule has 2 N–H and O–H groups in total. The van der Waals surface area contributed by atoms with Gasteiger partial charge < -0.3 is 10.5 Å². The fraction of sp³-hybridized carbons (Fsp3) is 0.200. The smallest absolute Gasteiger partial charge is 0.373 e. The van der Waals surface area contributed by atoms with Crippen LogP contribution in [0.2, 0.25) is 0 Å². The molecule has 0 fully saturated rings. The fourth-order valence-corrected chi connectivity index (χ4v) is 0.973. The van der Waals surface area contributed by atoms with Crippen LogP contribution in [0, 0.1) is 6.92 Å². The van der Waals surface area contributed by atoms with Crippen molar-refractivity contribution >= 4 is 12.1 Å². The van der Waals surface area contributed by atoms with E-state index >= 15 is 0 Å². The second-order valence-electron chi connectivity index (χ2n) is 2.63. The number of rotatable bonds is 2. The number of benzene rings is 1. The van der Waals surface area contributed by atoms with Crippen molar-refractivity contribution < 1.29 is 19.1 Å². The second-order valence-corrected chi connectivity index (χ2v) is 2.63. The zero-order valence-electron chi connectivity index (χ0n) is 8.44. The van der Waals surface area contributed by atoms with Crippen LogP contribution >= 0.6 is 0 Å². The summed E-state index contributed by atoms with van der Waals surface area (Å²) in [4.78, 5) is 27.0. The predicted molar refractivity (Wildman–Crippen MR) is 51.3 cm³/mol. The number of primary amides is 1. The van der Waals surface area contributed by atoms with Crippen LogP contribution in [-0.2, 0) is 9.59 Å². The average Bonchev–Trinajstić information content (AvgIpc) is 2.19. The maximum atomic E-state index is 10.7. The number of methoxy groups -OCH3 is 1. The first-order chi connectivity index (χ1) is 7.06. The van der Waals surface area contributed by atoms with Gasteiger partial charge in [-0.1, -0.05) is 6.07 Å². The van der Waals surface area contributed by atoms with Crippen molar-refractivity contribution in [3.05, 3.63) is 29.3 Å². The molecule has 0 heterocycles. The number of carbonyl (C=O) groups is 1. The van der Waals surface area contributed by atoms with Gasteiger partial charge in [-0.3, -0.25) is 4.79 Å². The first-order valence-electron chi connectivity index (χ1n) is 4.00. The van der Waals surface area contributed by atoms with Crippen LogP contribution in [0.4, 0.5) is 0 Å². The van der Waals surface area contributed by atoms with Crippen LogP contribution < -0.4 is 10.5 Å². The van der Waals surface area contributed by atoms with E-state index in [9.17, 15) is 4.79 Å². The Morgan fingerprint density at radius 1 is 1.40 bits per heavy atom. The monoisotopic (exact) mass is 209 g/mol.